The van der Waals surface area contributed by atoms with Gasteiger partial charge in [0.15, 0.2) is 5.96 Å². The predicted molar refractivity (Wildman–Crippen MR) is 82.9 cm³/mol. The summed E-state index contributed by atoms with van der Waals surface area (Å²) in [5.41, 5.74) is 9.02. The van der Waals surface area contributed by atoms with Gasteiger partial charge < -0.3 is 11.1 Å². The van der Waals surface area contributed by atoms with Crippen molar-refractivity contribution in [1.29, 1.82) is 0 Å². The Morgan fingerprint density at radius 2 is 2.05 bits per heavy atom. The number of nitrogens with two attached hydrogens (primary N) is 1. The second-order valence-corrected chi connectivity index (χ2v) is 4.76. The summed E-state index contributed by atoms with van der Waals surface area (Å²) >= 11 is 0. The summed E-state index contributed by atoms with van der Waals surface area (Å²) in [6.07, 6.45) is 0.916. The molecule has 0 bridgehead atoms. The Morgan fingerprint density at radius 1 is 1.30 bits per heavy atom. The summed E-state index contributed by atoms with van der Waals surface area (Å²) < 4.78 is 2.01. The molecule has 0 amide bonds. The lowest BCUT2D eigenvalue weighted by atomic mass is 10.3. The van der Waals surface area contributed by atoms with E-state index in [-0.39, 0.29) is 0 Å². The molecule has 1 aromatic carbocycles. The number of guanidine groups is 1. The van der Waals surface area contributed by atoms with Crippen LogP contribution >= 0.6 is 0 Å². The molecule has 0 saturated heterocycles. The van der Waals surface area contributed by atoms with Gasteiger partial charge in [-0.15, -0.1) is 0 Å². The van der Waals surface area contributed by atoms with Gasteiger partial charge in [0.1, 0.15) is 0 Å². The standard InChI is InChI=1S/C15H21N5/c1-12-11-13(2)20(19-12)10-6-9-17-15(16)18-14-7-4-3-5-8-14/h3-5,7-8,11H,6,9-10H2,1-2H3,(H3,16,17,18). The predicted octanol–water partition coefficient (Wildman–Crippen LogP) is 2.32. The van der Waals surface area contributed by atoms with E-state index in [0.29, 0.717) is 12.5 Å². The van der Waals surface area contributed by atoms with Crippen LogP contribution in [0.25, 0.3) is 0 Å². The molecule has 0 aliphatic rings. The Balaban J connectivity index is 1.77. The Bertz CT molecular complexity index is 571. The van der Waals surface area contributed by atoms with E-state index in [4.69, 9.17) is 5.73 Å². The van der Waals surface area contributed by atoms with Crippen LogP contribution in [0.15, 0.2) is 41.4 Å². The third-order valence-corrected chi connectivity index (χ3v) is 2.96. The first-order valence-electron chi connectivity index (χ1n) is 6.78. The number of hydrogen-bond donors (Lipinski definition) is 2. The van der Waals surface area contributed by atoms with Gasteiger partial charge in [-0.25, -0.2) is 0 Å². The number of aryl methyl sites for hydroxylation is 3. The maximum atomic E-state index is 5.84. The van der Waals surface area contributed by atoms with Gasteiger partial charge in [0.25, 0.3) is 0 Å². The Labute approximate surface area is 119 Å². The molecule has 0 spiro atoms. The van der Waals surface area contributed by atoms with E-state index < -0.39 is 0 Å². The number of aliphatic imine (C=N–C) groups is 1. The molecule has 1 aromatic heterocycles. The van der Waals surface area contributed by atoms with Crippen LogP contribution in [-0.4, -0.2) is 22.3 Å². The lowest BCUT2D eigenvalue weighted by Crippen LogP contribution is -2.22. The molecular weight excluding hydrogens is 250 g/mol. The van der Waals surface area contributed by atoms with Gasteiger partial charge in [-0.05, 0) is 38.5 Å². The first kappa shape index (κ1) is 14.1. The van der Waals surface area contributed by atoms with Crippen LogP contribution in [0.1, 0.15) is 17.8 Å². The third kappa shape index (κ3) is 4.12. The van der Waals surface area contributed by atoms with Crippen molar-refractivity contribution in [2.75, 3.05) is 11.9 Å². The fourth-order valence-corrected chi connectivity index (χ4v) is 2.03. The molecule has 0 atom stereocenters. The van der Waals surface area contributed by atoms with Crippen LogP contribution in [0.2, 0.25) is 0 Å². The number of para-hydroxylation sites is 1. The molecule has 0 aliphatic carbocycles. The van der Waals surface area contributed by atoms with Gasteiger partial charge >= 0.3 is 0 Å². The SMILES string of the molecule is Cc1cc(C)n(CCCN=C(N)Nc2ccccc2)n1. The molecule has 20 heavy (non-hydrogen) atoms. The lowest BCUT2D eigenvalue weighted by molar-refractivity contribution is 0.568. The zero-order valence-corrected chi connectivity index (χ0v) is 12.0. The maximum absolute atomic E-state index is 5.84. The Hall–Kier alpha value is -2.30. The number of nitrogens with one attached hydrogen (secondary N) is 1. The van der Waals surface area contributed by atoms with Gasteiger partial charge in [-0.1, -0.05) is 18.2 Å². The zero-order chi connectivity index (χ0) is 14.4. The Morgan fingerprint density at radius 3 is 2.70 bits per heavy atom. The number of aromatic nitrogens is 2. The van der Waals surface area contributed by atoms with E-state index in [1.807, 2.05) is 41.9 Å². The van der Waals surface area contributed by atoms with Crippen molar-refractivity contribution < 1.29 is 0 Å². The minimum atomic E-state index is 0.449. The first-order valence-corrected chi connectivity index (χ1v) is 6.78. The van der Waals surface area contributed by atoms with Crippen molar-refractivity contribution in [1.82, 2.24) is 9.78 Å². The molecule has 0 aliphatic heterocycles. The molecule has 1 heterocycles. The molecule has 3 N–H and O–H groups in total. The average Bonchev–Trinajstić information content (AvgIpc) is 2.74. The van der Waals surface area contributed by atoms with Crippen LogP contribution in [0.4, 0.5) is 5.69 Å². The highest BCUT2D eigenvalue weighted by atomic mass is 15.3. The maximum Gasteiger partial charge on any atom is 0.193 e. The molecular formula is C15H21N5. The van der Waals surface area contributed by atoms with Gasteiger partial charge in [-0.2, -0.15) is 5.10 Å². The summed E-state index contributed by atoms with van der Waals surface area (Å²) in [6, 6.07) is 11.9. The minimum absolute atomic E-state index is 0.449. The summed E-state index contributed by atoms with van der Waals surface area (Å²) in [6.45, 7) is 5.61. The molecule has 5 nitrogen and oxygen atoms in total. The van der Waals surface area contributed by atoms with Gasteiger partial charge in [0, 0.05) is 24.5 Å². The van der Waals surface area contributed by atoms with Crippen molar-refractivity contribution in [2.45, 2.75) is 26.8 Å². The van der Waals surface area contributed by atoms with Crippen molar-refractivity contribution in [2.24, 2.45) is 10.7 Å². The highest BCUT2D eigenvalue weighted by Crippen LogP contribution is 2.04. The van der Waals surface area contributed by atoms with Crippen LogP contribution in [-0.2, 0) is 6.54 Å². The highest BCUT2D eigenvalue weighted by Gasteiger charge is 2.00. The topological polar surface area (TPSA) is 68.2 Å². The molecule has 0 fully saturated rings. The van der Waals surface area contributed by atoms with Crippen molar-refractivity contribution in [3.63, 3.8) is 0 Å². The molecule has 0 radical (unpaired) electrons. The quantitative estimate of drug-likeness (QED) is 0.498. The summed E-state index contributed by atoms with van der Waals surface area (Å²) in [4.78, 5) is 4.31. The largest absolute Gasteiger partial charge is 0.370 e. The normalized spacial score (nSPS) is 11.6. The molecule has 2 rings (SSSR count). The van der Waals surface area contributed by atoms with Crippen molar-refractivity contribution in [3.8, 4) is 0 Å². The smallest absolute Gasteiger partial charge is 0.193 e. The van der Waals surface area contributed by atoms with E-state index in [0.717, 1.165) is 24.3 Å². The number of benzene rings is 1. The van der Waals surface area contributed by atoms with E-state index in [2.05, 4.69) is 28.4 Å². The fraction of sp³-hybridized carbons (Fsp3) is 0.333. The van der Waals surface area contributed by atoms with E-state index >= 15 is 0 Å². The van der Waals surface area contributed by atoms with Crippen LogP contribution in [0.3, 0.4) is 0 Å². The monoisotopic (exact) mass is 271 g/mol. The van der Waals surface area contributed by atoms with E-state index in [1.54, 1.807) is 0 Å². The second kappa shape index (κ2) is 6.75. The zero-order valence-electron chi connectivity index (χ0n) is 12.0. The van der Waals surface area contributed by atoms with Crippen LogP contribution in [0, 0.1) is 13.8 Å². The molecule has 5 heteroatoms. The number of rotatable bonds is 5. The second-order valence-electron chi connectivity index (χ2n) is 4.76. The van der Waals surface area contributed by atoms with E-state index in [1.165, 1.54) is 5.69 Å². The molecule has 0 unspecified atom stereocenters. The van der Waals surface area contributed by atoms with Gasteiger partial charge in [0.05, 0.1) is 5.69 Å². The van der Waals surface area contributed by atoms with Gasteiger partial charge in [0.2, 0.25) is 0 Å². The Kier molecular flexibility index (Phi) is 4.76. The molecule has 0 saturated carbocycles. The number of anilines is 1. The minimum Gasteiger partial charge on any atom is -0.370 e. The number of hydrogen-bond acceptors (Lipinski definition) is 2. The lowest BCUT2D eigenvalue weighted by Gasteiger charge is -2.05. The van der Waals surface area contributed by atoms with Crippen molar-refractivity contribution in [3.05, 3.63) is 47.8 Å². The molecule has 106 valence electrons. The summed E-state index contributed by atoms with van der Waals surface area (Å²) in [7, 11) is 0. The van der Waals surface area contributed by atoms with Crippen molar-refractivity contribution >= 4 is 11.6 Å². The van der Waals surface area contributed by atoms with Crippen LogP contribution in [0.5, 0.6) is 0 Å². The van der Waals surface area contributed by atoms with E-state index in [9.17, 15) is 0 Å². The molecule has 2 aromatic rings. The highest BCUT2D eigenvalue weighted by molar-refractivity contribution is 5.92. The summed E-state index contributed by atoms with van der Waals surface area (Å²) in [5, 5.41) is 7.48. The van der Waals surface area contributed by atoms with Gasteiger partial charge in [-0.3, -0.25) is 9.67 Å². The first-order chi connectivity index (χ1) is 9.65. The average molecular weight is 271 g/mol. The third-order valence-electron chi connectivity index (χ3n) is 2.96. The number of nitrogens with zero attached hydrogens (tertiary/aromatic N) is 3. The van der Waals surface area contributed by atoms with Crippen LogP contribution < -0.4 is 11.1 Å². The fourth-order valence-electron chi connectivity index (χ4n) is 2.03. The summed E-state index contributed by atoms with van der Waals surface area (Å²) in [5.74, 6) is 0.449.